The molecule has 0 spiro atoms. The molecule has 0 radical (unpaired) electrons. The van der Waals surface area contributed by atoms with Crippen molar-refractivity contribution < 1.29 is 0 Å². The van der Waals surface area contributed by atoms with E-state index in [4.69, 9.17) is 0 Å². The summed E-state index contributed by atoms with van der Waals surface area (Å²) in [7, 11) is 1.87. The Bertz CT molecular complexity index is 532. The lowest BCUT2D eigenvalue weighted by Gasteiger charge is -2.33. The van der Waals surface area contributed by atoms with E-state index in [2.05, 4.69) is 30.1 Å². The van der Waals surface area contributed by atoms with E-state index in [-0.39, 0.29) is 11.6 Å². The summed E-state index contributed by atoms with van der Waals surface area (Å²) in [5, 5.41) is 20.2. The summed E-state index contributed by atoms with van der Waals surface area (Å²) in [5.74, 6) is 0. The van der Waals surface area contributed by atoms with Crippen LogP contribution in [0, 0.1) is 18.3 Å². The van der Waals surface area contributed by atoms with E-state index in [1.54, 1.807) is 4.68 Å². The normalized spacial score (nSPS) is 19.6. The zero-order chi connectivity index (χ0) is 13.5. The van der Waals surface area contributed by atoms with Crippen LogP contribution in [0.1, 0.15) is 44.5 Å². The average Bonchev–Trinajstić information content (AvgIpc) is 2.69. The van der Waals surface area contributed by atoms with Crippen LogP contribution < -0.4 is 0 Å². The van der Waals surface area contributed by atoms with Gasteiger partial charge in [0, 0.05) is 30.9 Å². The molecule has 1 atom stereocenters. The number of nitriles is 1. The minimum Gasteiger partial charge on any atom is -0.275 e. The summed E-state index contributed by atoms with van der Waals surface area (Å²) in [4.78, 5) is 0. The van der Waals surface area contributed by atoms with Crippen LogP contribution in [0.25, 0.3) is 0 Å². The monoisotopic (exact) mass is 245 g/mol. The first-order valence-electron chi connectivity index (χ1n) is 6.08. The highest BCUT2D eigenvalue weighted by Crippen LogP contribution is 2.35. The van der Waals surface area contributed by atoms with Gasteiger partial charge < -0.3 is 0 Å². The Morgan fingerprint density at radius 2 is 2.11 bits per heavy atom. The molecule has 0 N–H and O–H groups in total. The van der Waals surface area contributed by atoms with Crippen molar-refractivity contribution in [2.24, 2.45) is 12.1 Å². The summed E-state index contributed by atoms with van der Waals surface area (Å²) in [6, 6.07) is 1.99. The van der Waals surface area contributed by atoms with Crippen LogP contribution in [0.4, 0.5) is 0 Å². The zero-order valence-corrected chi connectivity index (χ0v) is 11.6. The molecule has 5 nitrogen and oxygen atoms in total. The van der Waals surface area contributed by atoms with Gasteiger partial charge in [0.1, 0.15) is 0 Å². The maximum absolute atomic E-state index is 9.49. The highest BCUT2D eigenvalue weighted by molar-refractivity contribution is 5.84. The van der Waals surface area contributed by atoms with Gasteiger partial charge in [-0.3, -0.25) is 9.69 Å². The first-order valence-corrected chi connectivity index (χ1v) is 6.08. The van der Waals surface area contributed by atoms with Gasteiger partial charge in [-0.05, 0) is 27.7 Å². The van der Waals surface area contributed by atoms with Crippen LogP contribution in [0.15, 0.2) is 11.3 Å². The van der Waals surface area contributed by atoms with Crippen molar-refractivity contribution >= 4 is 5.71 Å². The van der Waals surface area contributed by atoms with Gasteiger partial charge in [0.15, 0.2) is 6.04 Å². The fourth-order valence-corrected chi connectivity index (χ4v) is 2.61. The lowest BCUT2D eigenvalue weighted by Crippen LogP contribution is -2.38. The average molecular weight is 245 g/mol. The first kappa shape index (κ1) is 12.6. The van der Waals surface area contributed by atoms with Gasteiger partial charge in [-0.2, -0.15) is 15.5 Å². The molecule has 0 bridgehead atoms. The van der Waals surface area contributed by atoms with Crippen LogP contribution in [0.2, 0.25) is 0 Å². The van der Waals surface area contributed by atoms with Crippen LogP contribution in [0.3, 0.4) is 0 Å². The fourth-order valence-electron chi connectivity index (χ4n) is 2.61. The molecule has 0 aliphatic carbocycles. The lowest BCUT2D eigenvalue weighted by atomic mass is 9.96. The number of aryl methyl sites for hydroxylation is 2. The van der Waals surface area contributed by atoms with Crippen molar-refractivity contribution in [1.29, 1.82) is 5.26 Å². The summed E-state index contributed by atoms with van der Waals surface area (Å²) < 4.78 is 1.74. The van der Waals surface area contributed by atoms with Gasteiger partial charge in [-0.15, -0.1) is 0 Å². The van der Waals surface area contributed by atoms with Gasteiger partial charge in [-0.25, -0.2) is 0 Å². The third-order valence-electron chi connectivity index (χ3n) is 3.30. The van der Waals surface area contributed by atoms with E-state index in [1.165, 1.54) is 0 Å². The van der Waals surface area contributed by atoms with Crippen LogP contribution in [0.5, 0.6) is 0 Å². The Morgan fingerprint density at radius 3 is 2.50 bits per heavy atom. The standard InChI is InChI=1S/C13H19N5/c1-9-6-13(3,4)18(15-9)12(7-14)11-8-17(5)16-10(11)2/h8,12H,6H2,1-5H3/t12-/m0/s1. The Hall–Kier alpha value is -1.83. The lowest BCUT2D eigenvalue weighted by molar-refractivity contribution is 0.122. The molecule has 2 heterocycles. The molecule has 1 aromatic heterocycles. The molecule has 1 aliphatic heterocycles. The third kappa shape index (κ3) is 1.99. The van der Waals surface area contributed by atoms with Crippen LogP contribution in [-0.4, -0.2) is 26.0 Å². The predicted octanol–water partition coefficient (Wildman–Crippen LogP) is 2.15. The molecule has 2 rings (SSSR count). The Balaban J connectivity index is 2.42. The molecular formula is C13H19N5. The summed E-state index contributed by atoms with van der Waals surface area (Å²) in [5.41, 5.74) is 2.78. The Labute approximate surface area is 108 Å². The second kappa shape index (κ2) is 4.13. The topological polar surface area (TPSA) is 57.2 Å². The van der Waals surface area contributed by atoms with Gasteiger partial charge in [0.25, 0.3) is 0 Å². The highest BCUT2D eigenvalue weighted by atomic mass is 15.5. The second-order valence-corrected chi connectivity index (χ2v) is 5.54. The highest BCUT2D eigenvalue weighted by Gasteiger charge is 2.38. The molecule has 96 valence electrons. The van der Waals surface area contributed by atoms with Crippen molar-refractivity contribution in [3.8, 4) is 6.07 Å². The smallest absolute Gasteiger partial charge is 0.162 e. The van der Waals surface area contributed by atoms with Crippen LogP contribution >= 0.6 is 0 Å². The SMILES string of the molecule is CC1=NN([C@@H](C#N)c2cn(C)nc2C)C(C)(C)C1. The largest absolute Gasteiger partial charge is 0.275 e. The maximum Gasteiger partial charge on any atom is 0.162 e. The molecule has 1 aliphatic rings. The number of hydrazone groups is 1. The van der Waals surface area contributed by atoms with Gasteiger partial charge >= 0.3 is 0 Å². The zero-order valence-electron chi connectivity index (χ0n) is 11.6. The van der Waals surface area contributed by atoms with E-state index in [1.807, 2.05) is 32.1 Å². The molecule has 1 aromatic rings. The molecule has 0 aromatic carbocycles. The minimum atomic E-state index is -0.369. The first-order chi connectivity index (χ1) is 8.35. The molecule has 5 heteroatoms. The number of rotatable bonds is 2. The molecule has 0 fully saturated rings. The van der Waals surface area contributed by atoms with Crippen molar-refractivity contribution in [1.82, 2.24) is 14.8 Å². The number of nitrogens with zero attached hydrogens (tertiary/aromatic N) is 5. The molecular weight excluding hydrogens is 226 g/mol. The fraction of sp³-hybridized carbons (Fsp3) is 0.615. The quantitative estimate of drug-likeness (QED) is 0.802. The summed E-state index contributed by atoms with van der Waals surface area (Å²) in [6.07, 6.45) is 2.80. The maximum atomic E-state index is 9.49. The van der Waals surface area contributed by atoms with Crippen molar-refractivity contribution in [3.05, 3.63) is 17.5 Å². The van der Waals surface area contributed by atoms with E-state index in [0.717, 1.165) is 23.4 Å². The molecule has 0 saturated heterocycles. The van der Waals surface area contributed by atoms with Gasteiger partial charge in [0.05, 0.1) is 17.3 Å². The van der Waals surface area contributed by atoms with Crippen molar-refractivity contribution in [2.45, 2.75) is 45.7 Å². The van der Waals surface area contributed by atoms with E-state index in [0.29, 0.717) is 0 Å². The van der Waals surface area contributed by atoms with E-state index >= 15 is 0 Å². The molecule has 0 amide bonds. The van der Waals surface area contributed by atoms with Gasteiger partial charge in [0.2, 0.25) is 0 Å². The minimum absolute atomic E-state index is 0.118. The molecule has 0 unspecified atom stereocenters. The number of aromatic nitrogens is 2. The van der Waals surface area contributed by atoms with E-state index < -0.39 is 0 Å². The van der Waals surface area contributed by atoms with Crippen molar-refractivity contribution in [2.75, 3.05) is 0 Å². The molecule has 18 heavy (non-hydrogen) atoms. The Morgan fingerprint density at radius 1 is 1.44 bits per heavy atom. The van der Waals surface area contributed by atoms with Gasteiger partial charge in [-0.1, -0.05) is 0 Å². The molecule has 0 saturated carbocycles. The third-order valence-corrected chi connectivity index (χ3v) is 3.30. The van der Waals surface area contributed by atoms with E-state index in [9.17, 15) is 5.26 Å². The Kier molecular flexibility index (Phi) is 2.89. The number of hydrogen-bond acceptors (Lipinski definition) is 4. The number of hydrogen-bond donors (Lipinski definition) is 0. The predicted molar refractivity (Wildman–Crippen MR) is 69.9 cm³/mol. The summed E-state index contributed by atoms with van der Waals surface area (Å²) in [6.45, 7) is 8.16. The second-order valence-electron chi connectivity index (χ2n) is 5.54. The summed E-state index contributed by atoms with van der Waals surface area (Å²) >= 11 is 0. The van der Waals surface area contributed by atoms with Crippen LogP contribution in [-0.2, 0) is 7.05 Å². The van der Waals surface area contributed by atoms with Crippen molar-refractivity contribution in [3.63, 3.8) is 0 Å².